The molecular formula is C16H12ClN3O6S. The zero-order valence-corrected chi connectivity index (χ0v) is 15.0. The van der Waals surface area contributed by atoms with Gasteiger partial charge in [0.2, 0.25) is 15.8 Å². The van der Waals surface area contributed by atoms with Gasteiger partial charge in [-0.25, -0.2) is 8.42 Å². The van der Waals surface area contributed by atoms with E-state index in [1.165, 1.54) is 36.4 Å². The predicted octanol–water partition coefficient (Wildman–Crippen LogP) is 2.13. The summed E-state index contributed by atoms with van der Waals surface area (Å²) in [5.41, 5.74) is 1.00. The third-order valence-corrected chi connectivity index (χ3v) is 5.18. The predicted molar refractivity (Wildman–Crippen MR) is 94.7 cm³/mol. The highest BCUT2D eigenvalue weighted by Crippen LogP contribution is 2.29. The van der Waals surface area contributed by atoms with E-state index in [2.05, 4.69) is 10.1 Å². The molecule has 0 bridgehead atoms. The molecule has 0 aliphatic carbocycles. The smallest absolute Gasteiger partial charge is 0.318 e. The Hall–Kier alpha value is -2.95. The Labute approximate surface area is 158 Å². The number of phenols is 1. The summed E-state index contributed by atoms with van der Waals surface area (Å²) in [4.78, 5) is 14.6. The summed E-state index contributed by atoms with van der Waals surface area (Å²) >= 11 is 5.86. The van der Waals surface area contributed by atoms with Gasteiger partial charge in [-0.2, -0.15) is 9.71 Å². The number of phenolic OH excluding ortho intramolecular Hbond substituents is 1. The molecule has 1 heterocycles. The first kappa shape index (κ1) is 18.8. The molecule has 1 aromatic heterocycles. The largest absolute Gasteiger partial charge is 0.506 e. The van der Waals surface area contributed by atoms with Crippen molar-refractivity contribution >= 4 is 27.6 Å². The van der Waals surface area contributed by atoms with Crippen LogP contribution < -0.4 is 4.72 Å². The van der Waals surface area contributed by atoms with E-state index in [9.17, 15) is 18.3 Å². The van der Waals surface area contributed by atoms with Gasteiger partial charge in [-0.1, -0.05) is 16.8 Å². The Morgan fingerprint density at radius 1 is 1.15 bits per heavy atom. The standard InChI is InChI=1S/C16H12ClN3O6S/c17-12-7-10(3-6-13(12)21)15-19-16(26-20-15)9-1-4-11(5-2-9)27(24,25)18-8-14(22)23/h1-7,18,21H,8H2,(H,22,23). The summed E-state index contributed by atoms with van der Waals surface area (Å²) in [6.07, 6.45) is 0. The summed E-state index contributed by atoms with van der Waals surface area (Å²) in [5.74, 6) is -0.969. The van der Waals surface area contributed by atoms with E-state index in [0.717, 1.165) is 0 Å². The maximum Gasteiger partial charge on any atom is 0.318 e. The van der Waals surface area contributed by atoms with Crippen LogP contribution in [0, 0.1) is 0 Å². The molecule has 0 fully saturated rings. The van der Waals surface area contributed by atoms with E-state index in [4.69, 9.17) is 21.2 Å². The van der Waals surface area contributed by atoms with Gasteiger partial charge < -0.3 is 14.7 Å². The van der Waals surface area contributed by atoms with Crippen LogP contribution in [0.15, 0.2) is 51.9 Å². The molecule has 0 unspecified atom stereocenters. The van der Waals surface area contributed by atoms with Crippen molar-refractivity contribution in [2.24, 2.45) is 0 Å². The van der Waals surface area contributed by atoms with Crippen LogP contribution in [0.2, 0.25) is 5.02 Å². The monoisotopic (exact) mass is 409 g/mol. The number of rotatable bonds is 6. The van der Waals surface area contributed by atoms with E-state index in [1.54, 1.807) is 6.07 Å². The SMILES string of the molecule is O=C(O)CNS(=O)(=O)c1ccc(-c2nc(-c3ccc(O)c(Cl)c3)no2)cc1. The third-order valence-electron chi connectivity index (χ3n) is 3.46. The van der Waals surface area contributed by atoms with E-state index < -0.39 is 22.5 Å². The number of aromatic hydroxyl groups is 1. The third kappa shape index (κ3) is 4.25. The van der Waals surface area contributed by atoms with Crippen LogP contribution in [-0.4, -0.2) is 41.3 Å². The summed E-state index contributed by atoms with van der Waals surface area (Å²) in [6.45, 7) is -0.716. The molecule has 3 rings (SSSR count). The topological polar surface area (TPSA) is 143 Å². The van der Waals surface area contributed by atoms with Crippen molar-refractivity contribution < 1.29 is 27.9 Å². The van der Waals surface area contributed by atoms with Crippen molar-refractivity contribution in [2.75, 3.05) is 6.54 Å². The number of aliphatic carboxylic acids is 1. The van der Waals surface area contributed by atoms with Crippen molar-refractivity contribution in [1.82, 2.24) is 14.9 Å². The fourth-order valence-electron chi connectivity index (χ4n) is 2.12. The zero-order valence-electron chi connectivity index (χ0n) is 13.5. The second kappa shape index (κ2) is 7.35. The van der Waals surface area contributed by atoms with Crippen LogP contribution in [-0.2, 0) is 14.8 Å². The average molecular weight is 410 g/mol. The first-order chi connectivity index (χ1) is 12.8. The second-order valence-corrected chi connectivity index (χ2v) is 7.51. The zero-order chi connectivity index (χ0) is 19.6. The lowest BCUT2D eigenvalue weighted by molar-refractivity contribution is -0.135. The molecule has 3 aromatic rings. The summed E-state index contributed by atoms with van der Waals surface area (Å²) in [7, 11) is -3.94. The number of hydrogen-bond donors (Lipinski definition) is 3. The highest BCUT2D eigenvalue weighted by atomic mass is 35.5. The lowest BCUT2D eigenvalue weighted by Gasteiger charge is -2.04. The number of carboxylic acids is 1. The lowest BCUT2D eigenvalue weighted by atomic mass is 10.2. The first-order valence-corrected chi connectivity index (χ1v) is 9.27. The minimum atomic E-state index is -3.94. The number of hydrogen-bond acceptors (Lipinski definition) is 7. The maximum atomic E-state index is 12.0. The fraction of sp³-hybridized carbons (Fsp3) is 0.0625. The molecule has 3 N–H and O–H groups in total. The van der Waals surface area contributed by atoms with Gasteiger partial charge >= 0.3 is 5.97 Å². The van der Waals surface area contributed by atoms with Gasteiger partial charge in [0.15, 0.2) is 0 Å². The van der Waals surface area contributed by atoms with E-state index >= 15 is 0 Å². The molecular weight excluding hydrogens is 398 g/mol. The Morgan fingerprint density at radius 3 is 2.44 bits per heavy atom. The number of halogens is 1. The van der Waals surface area contributed by atoms with E-state index in [0.29, 0.717) is 11.1 Å². The number of carbonyl (C=O) groups is 1. The molecule has 0 radical (unpaired) electrons. The van der Waals surface area contributed by atoms with Gasteiger partial charge in [0.25, 0.3) is 5.89 Å². The molecule has 9 nitrogen and oxygen atoms in total. The molecule has 11 heteroatoms. The van der Waals surface area contributed by atoms with Gasteiger partial charge in [0.1, 0.15) is 12.3 Å². The van der Waals surface area contributed by atoms with Gasteiger partial charge in [0, 0.05) is 11.1 Å². The van der Waals surface area contributed by atoms with E-state index in [-0.39, 0.29) is 27.4 Å². The van der Waals surface area contributed by atoms with E-state index in [1.807, 2.05) is 4.72 Å². The Bertz CT molecular complexity index is 1100. The van der Waals surface area contributed by atoms with Crippen LogP contribution in [0.3, 0.4) is 0 Å². The van der Waals surface area contributed by atoms with Gasteiger partial charge in [0.05, 0.1) is 9.92 Å². The van der Waals surface area contributed by atoms with Crippen molar-refractivity contribution in [3.63, 3.8) is 0 Å². The van der Waals surface area contributed by atoms with Crippen LogP contribution >= 0.6 is 11.6 Å². The van der Waals surface area contributed by atoms with Gasteiger partial charge in [-0.3, -0.25) is 4.79 Å². The molecule has 0 atom stereocenters. The number of benzene rings is 2. The Kier molecular flexibility index (Phi) is 5.13. The van der Waals surface area contributed by atoms with Crippen LogP contribution in [0.5, 0.6) is 5.75 Å². The van der Waals surface area contributed by atoms with Gasteiger partial charge in [-0.05, 0) is 42.5 Å². The normalized spacial score (nSPS) is 11.4. The minimum Gasteiger partial charge on any atom is -0.506 e. The average Bonchev–Trinajstić information content (AvgIpc) is 3.13. The first-order valence-electron chi connectivity index (χ1n) is 7.41. The summed E-state index contributed by atoms with van der Waals surface area (Å²) in [5, 5.41) is 22.0. The Balaban J connectivity index is 1.83. The second-order valence-electron chi connectivity index (χ2n) is 5.33. The molecule has 0 aliphatic rings. The van der Waals surface area contributed by atoms with Crippen LogP contribution in [0.4, 0.5) is 0 Å². The number of carboxylic acid groups (broad SMARTS) is 1. The number of nitrogens with one attached hydrogen (secondary N) is 1. The van der Waals surface area contributed by atoms with Crippen LogP contribution in [0.1, 0.15) is 0 Å². The molecule has 0 spiro atoms. The quantitative estimate of drug-likeness (QED) is 0.561. The van der Waals surface area contributed by atoms with Crippen LogP contribution in [0.25, 0.3) is 22.8 Å². The highest BCUT2D eigenvalue weighted by Gasteiger charge is 2.17. The minimum absolute atomic E-state index is 0.0718. The van der Waals surface area contributed by atoms with Crippen molar-refractivity contribution in [2.45, 2.75) is 4.90 Å². The van der Waals surface area contributed by atoms with Crippen molar-refractivity contribution in [3.05, 3.63) is 47.5 Å². The van der Waals surface area contributed by atoms with Gasteiger partial charge in [-0.15, -0.1) is 0 Å². The number of nitrogens with zero attached hydrogens (tertiary/aromatic N) is 2. The molecule has 0 amide bonds. The number of aromatic nitrogens is 2. The molecule has 0 saturated carbocycles. The van der Waals surface area contributed by atoms with Crippen molar-refractivity contribution in [1.29, 1.82) is 0 Å². The fourth-order valence-corrected chi connectivity index (χ4v) is 3.28. The summed E-state index contributed by atoms with van der Waals surface area (Å²) in [6, 6.07) is 9.95. The number of sulfonamides is 1. The lowest BCUT2D eigenvalue weighted by Crippen LogP contribution is -2.29. The molecule has 140 valence electrons. The molecule has 27 heavy (non-hydrogen) atoms. The molecule has 0 aliphatic heterocycles. The maximum absolute atomic E-state index is 12.0. The summed E-state index contributed by atoms with van der Waals surface area (Å²) < 4.78 is 31.1. The highest BCUT2D eigenvalue weighted by molar-refractivity contribution is 7.89. The molecule has 2 aromatic carbocycles. The Morgan fingerprint density at radius 2 is 1.81 bits per heavy atom. The van der Waals surface area contributed by atoms with Crippen molar-refractivity contribution in [3.8, 4) is 28.6 Å². The molecule has 0 saturated heterocycles.